The van der Waals surface area contributed by atoms with Gasteiger partial charge in [0.1, 0.15) is 0 Å². The number of hydrogen-bond acceptors (Lipinski definition) is 2. The number of amides is 2. The lowest BCUT2D eigenvalue weighted by atomic mass is 10.4. The van der Waals surface area contributed by atoms with E-state index >= 15 is 0 Å². The first-order valence-corrected chi connectivity index (χ1v) is 4.48. The molecule has 76 valence electrons. The van der Waals surface area contributed by atoms with Gasteiger partial charge in [0.15, 0.2) is 0 Å². The average molecular weight is 185 g/mol. The van der Waals surface area contributed by atoms with Crippen LogP contribution in [0.4, 0.5) is 4.79 Å². The molecular weight excluding hydrogens is 166 g/mol. The summed E-state index contributed by atoms with van der Waals surface area (Å²) in [7, 11) is 3.50. The topological polar surface area (TPSA) is 35.6 Å². The van der Waals surface area contributed by atoms with Gasteiger partial charge in [0.05, 0.1) is 0 Å². The van der Waals surface area contributed by atoms with Crippen molar-refractivity contribution in [2.75, 3.05) is 27.2 Å². The fourth-order valence-corrected chi connectivity index (χ4v) is 1.00. The minimum absolute atomic E-state index is 0.0238. The summed E-state index contributed by atoms with van der Waals surface area (Å²) >= 11 is 0. The normalized spacial score (nSPS) is 9.46. The van der Waals surface area contributed by atoms with Crippen molar-refractivity contribution in [2.24, 2.45) is 0 Å². The predicted octanol–water partition coefficient (Wildman–Crippen LogP) is 1.07. The van der Waals surface area contributed by atoms with Gasteiger partial charge < -0.3 is 4.90 Å². The first kappa shape index (κ1) is 12.0. The molecule has 0 aromatic rings. The molecule has 0 saturated carbocycles. The van der Waals surface area contributed by atoms with Crippen LogP contribution in [0.15, 0.2) is 12.7 Å². The Hall–Kier alpha value is -1.03. The zero-order chi connectivity index (χ0) is 10.3. The molecule has 2 amide bonds. The van der Waals surface area contributed by atoms with Gasteiger partial charge in [-0.2, -0.15) is 0 Å². The van der Waals surface area contributed by atoms with E-state index in [-0.39, 0.29) is 6.03 Å². The maximum absolute atomic E-state index is 11.6. The molecule has 1 N–H and O–H groups in total. The number of nitrogens with one attached hydrogen (secondary N) is 1. The highest BCUT2D eigenvalue weighted by atomic mass is 16.2. The van der Waals surface area contributed by atoms with E-state index in [1.807, 2.05) is 6.92 Å². The molecular formula is C9H19N3O. The number of urea groups is 1. The number of carbonyl (C=O) groups is 1. The third-order valence-corrected chi connectivity index (χ3v) is 1.68. The third kappa shape index (κ3) is 3.94. The molecule has 4 heteroatoms. The first-order chi connectivity index (χ1) is 6.17. The Morgan fingerprint density at radius 3 is 2.62 bits per heavy atom. The summed E-state index contributed by atoms with van der Waals surface area (Å²) in [6, 6.07) is -0.0238. The second kappa shape index (κ2) is 6.48. The molecule has 0 rings (SSSR count). The smallest absolute Gasteiger partial charge is 0.323 e. The van der Waals surface area contributed by atoms with Crippen LogP contribution < -0.4 is 5.43 Å². The molecule has 0 saturated heterocycles. The van der Waals surface area contributed by atoms with E-state index < -0.39 is 0 Å². The molecule has 0 bridgehead atoms. The van der Waals surface area contributed by atoms with E-state index in [0.29, 0.717) is 6.54 Å². The van der Waals surface area contributed by atoms with Crippen molar-refractivity contribution in [3.8, 4) is 0 Å². The summed E-state index contributed by atoms with van der Waals surface area (Å²) in [6.07, 6.45) is 2.65. The van der Waals surface area contributed by atoms with Crippen molar-refractivity contribution in [1.29, 1.82) is 0 Å². The number of nitrogens with zero attached hydrogens (tertiary/aromatic N) is 2. The van der Waals surface area contributed by atoms with Gasteiger partial charge in [-0.1, -0.05) is 13.0 Å². The van der Waals surface area contributed by atoms with Gasteiger partial charge >= 0.3 is 6.03 Å². The summed E-state index contributed by atoms with van der Waals surface area (Å²) in [6.45, 7) is 6.90. The minimum Gasteiger partial charge on any atom is -0.323 e. The van der Waals surface area contributed by atoms with Crippen LogP contribution in [-0.2, 0) is 0 Å². The van der Waals surface area contributed by atoms with Gasteiger partial charge in [-0.15, -0.1) is 6.58 Å². The van der Waals surface area contributed by atoms with Crippen LogP contribution >= 0.6 is 0 Å². The third-order valence-electron chi connectivity index (χ3n) is 1.68. The summed E-state index contributed by atoms with van der Waals surface area (Å²) in [5, 5.41) is 1.59. The molecule has 4 nitrogen and oxygen atoms in total. The Morgan fingerprint density at radius 1 is 1.62 bits per heavy atom. The van der Waals surface area contributed by atoms with Crippen molar-refractivity contribution in [3.63, 3.8) is 0 Å². The van der Waals surface area contributed by atoms with Gasteiger partial charge in [-0.3, -0.25) is 5.01 Å². The summed E-state index contributed by atoms with van der Waals surface area (Å²) in [5.74, 6) is 0. The molecule has 0 atom stereocenters. The number of hydrazine groups is 1. The highest BCUT2D eigenvalue weighted by Crippen LogP contribution is 1.94. The van der Waals surface area contributed by atoms with Crippen molar-refractivity contribution < 1.29 is 4.79 Å². The van der Waals surface area contributed by atoms with Crippen LogP contribution in [0.5, 0.6) is 0 Å². The van der Waals surface area contributed by atoms with Gasteiger partial charge in [0.2, 0.25) is 0 Å². The fraction of sp³-hybridized carbons (Fsp3) is 0.667. The second-order valence-electron chi connectivity index (χ2n) is 2.83. The van der Waals surface area contributed by atoms with E-state index in [1.165, 1.54) is 0 Å². The largest absolute Gasteiger partial charge is 0.334 e. The Labute approximate surface area is 80.2 Å². The zero-order valence-electron chi connectivity index (χ0n) is 8.71. The Morgan fingerprint density at radius 2 is 2.23 bits per heavy atom. The van der Waals surface area contributed by atoms with Crippen LogP contribution in [-0.4, -0.2) is 43.1 Å². The Balaban J connectivity index is 4.09. The van der Waals surface area contributed by atoms with Crippen molar-refractivity contribution >= 4 is 6.03 Å². The molecule has 0 aliphatic heterocycles. The Bertz CT molecular complexity index is 170. The number of hydrogen-bond donors (Lipinski definition) is 1. The van der Waals surface area contributed by atoms with Crippen LogP contribution in [0.25, 0.3) is 0 Å². The lowest BCUT2D eigenvalue weighted by Crippen LogP contribution is -2.47. The predicted molar refractivity (Wildman–Crippen MR) is 54.3 cm³/mol. The molecule has 0 aromatic carbocycles. The highest BCUT2D eigenvalue weighted by Gasteiger charge is 2.13. The van der Waals surface area contributed by atoms with Crippen LogP contribution in [0.2, 0.25) is 0 Å². The van der Waals surface area contributed by atoms with Crippen LogP contribution in [0.3, 0.4) is 0 Å². The molecule has 0 aliphatic carbocycles. The standard InChI is InChI=1S/C9H19N3O/c1-5-7-11(4)9(13)12(10-3)8-6-2/h5,10H,1,6-8H2,2-4H3. The molecule has 0 spiro atoms. The number of rotatable bonds is 5. The summed E-state index contributed by atoms with van der Waals surface area (Å²) in [5.41, 5.74) is 2.85. The van der Waals surface area contributed by atoms with Crippen LogP contribution in [0.1, 0.15) is 13.3 Å². The molecule has 0 radical (unpaired) electrons. The zero-order valence-corrected chi connectivity index (χ0v) is 8.71. The van der Waals surface area contributed by atoms with E-state index in [1.54, 1.807) is 30.1 Å². The second-order valence-corrected chi connectivity index (χ2v) is 2.83. The summed E-state index contributed by atoms with van der Waals surface area (Å²) in [4.78, 5) is 13.2. The molecule has 0 heterocycles. The number of likely N-dealkylation sites (N-methyl/N-ethyl adjacent to an activating group) is 1. The van der Waals surface area contributed by atoms with Gasteiger partial charge in [-0.05, 0) is 6.42 Å². The molecule has 13 heavy (non-hydrogen) atoms. The lowest BCUT2D eigenvalue weighted by Gasteiger charge is -2.26. The Kier molecular flexibility index (Phi) is 5.97. The summed E-state index contributed by atoms with van der Waals surface area (Å²) < 4.78 is 0. The fourth-order valence-electron chi connectivity index (χ4n) is 1.00. The molecule has 0 unspecified atom stereocenters. The van der Waals surface area contributed by atoms with E-state index in [9.17, 15) is 4.79 Å². The van der Waals surface area contributed by atoms with E-state index in [4.69, 9.17) is 0 Å². The molecule has 0 aliphatic rings. The van der Waals surface area contributed by atoms with Gasteiger partial charge in [0, 0.05) is 27.2 Å². The molecule has 0 fully saturated rings. The minimum atomic E-state index is -0.0238. The van der Waals surface area contributed by atoms with Crippen molar-refractivity contribution in [3.05, 3.63) is 12.7 Å². The van der Waals surface area contributed by atoms with Gasteiger partial charge in [-0.25, -0.2) is 10.2 Å². The maximum Gasteiger partial charge on any atom is 0.334 e. The monoisotopic (exact) mass is 185 g/mol. The van der Waals surface area contributed by atoms with Gasteiger partial charge in [0.25, 0.3) is 0 Å². The highest BCUT2D eigenvalue weighted by molar-refractivity contribution is 5.73. The van der Waals surface area contributed by atoms with Crippen molar-refractivity contribution in [1.82, 2.24) is 15.3 Å². The number of carbonyl (C=O) groups excluding carboxylic acids is 1. The lowest BCUT2D eigenvalue weighted by molar-refractivity contribution is 0.147. The SMILES string of the molecule is C=CCN(C)C(=O)N(CCC)NC. The van der Waals surface area contributed by atoms with E-state index in [2.05, 4.69) is 12.0 Å². The molecule has 0 aromatic heterocycles. The van der Waals surface area contributed by atoms with E-state index in [0.717, 1.165) is 13.0 Å². The maximum atomic E-state index is 11.6. The van der Waals surface area contributed by atoms with Crippen LogP contribution in [0, 0.1) is 0 Å². The quantitative estimate of drug-likeness (QED) is 0.513. The first-order valence-electron chi connectivity index (χ1n) is 4.48. The van der Waals surface area contributed by atoms with Crippen molar-refractivity contribution in [2.45, 2.75) is 13.3 Å². The average Bonchev–Trinajstić information content (AvgIpc) is 2.13.